The highest BCUT2D eigenvalue weighted by Crippen LogP contribution is 2.19. The van der Waals surface area contributed by atoms with Crippen LogP contribution in [-0.2, 0) is 6.54 Å². The van der Waals surface area contributed by atoms with Gasteiger partial charge in [-0.3, -0.25) is 4.98 Å². The van der Waals surface area contributed by atoms with Gasteiger partial charge in [-0.25, -0.2) is 4.98 Å². The van der Waals surface area contributed by atoms with E-state index in [9.17, 15) is 0 Å². The maximum absolute atomic E-state index is 4.67. The Morgan fingerprint density at radius 1 is 0.769 bits per heavy atom. The third-order valence-electron chi connectivity index (χ3n) is 4.52. The maximum atomic E-state index is 4.67. The van der Waals surface area contributed by atoms with Gasteiger partial charge in [-0.2, -0.15) is 4.98 Å². The molecular weight excluding hydrogens is 324 g/mol. The SMILES string of the molecule is c1ccc(N2CCN(c3ccnc(NCc4ccccn4)n3)CC2)cc1. The van der Waals surface area contributed by atoms with Crippen molar-refractivity contribution in [1.29, 1.82) is 0 Å². The monoisotopic (exact) mass is 346 g/mol. The van der Waals surface area contributed by atoms with Crippen molar-refractivity contribution >= 4 is 17.5 Å². The molecule has 0 unspecified atom stereocenters. The van der Waals surface area contributed by atoms with Gasteiger partial charge in [0.05, 0.1) is 12.2 Å². The Bertz CT molecular complexity index is 816. The number of para-hydroxylation sites is 1. The van der Waals surface area contributed by atoms with E-state index < -0.39 is 0 Å². The van der Waals surface area contributed by atoms with Gasteiger partial charge in [0.15, 0.2) is 0 Å². The molecule has 4 rings (SSSR count). The number of nitrogens with zero attached hydrogens (tertiary/aromatic N) is 5. The third-order valence-corrected chi connectivity index (χ3v) is 4.52. The molecular formula is C20H22N6. The van der Waals surface area contributed by atoms with Crippen LogP contribution in [0.1, 0.15) is 5.69 Å². The number of pyridine rings is 1. The van der Waals surface area contributed by atoms with Crippen LogP contribution in [0.2, 0.25) is 0 Å². The number of benzene rings is 1. The minimum atomic E-state index is 0.617. The minimum absolute atomic E-state index is 0.617. The Balaban J connectivity index is 1.36. The second-order valence-electron chi connectivity index (χ2n) is 6.22. The van der Waals surface area contributed by atoms with E-state index in [1.165, 1.54) is 5.69 Å². The van der Waals surface area contributed by atoms with Gasteiger partial charge < -0.3 is 15.1 Å². The number of nitrogens with one attached hydrogen (secondary N) is 1. The Kier molecular flexibility index (Phi) is 4.91. The zero-order valence-electron chi connectivity index (χ0n) is 14.6. The zero-order valence-corrected chi connectivity index (χ0v) is 14.6. The van der Waals surface area contributed by atoms with Crippen molar-refractivity contribution in [2.45, 2.75) is 6.54 Å². The normalized spacial score (nSPS) is 14.3. The lowest BCUT2D eigenvalue weighted by Gasteiger charge is -2.36. The number of hydrogen-bond donors (Lipinski definition) is 1. The third kappa shape index (κ3) is 3.91. The van der Waals surface area contributed by atoms with Gasteiger partial charge >= 0.3 is 0 Å². The molecule has 0 aliphatic carbocycles. The van der Waals surface area contributed by atoms with E-state index in [0.717, 1.165) is 37.7 Å². The molecule has 26 heavy (non-hydrogen) atoms. The maximum Gasteiger partial charge on any atom is 0.224 e. The molecule has 132 valence electrons. The first-order chi connectivity index (χ1) is 12.9. The molecule has 1 N–H and O–H groups in total. The van der Waals surface area contributed by atoms with Crippen molar-refractivity contribution in [2.24, 2.45) is 0 Å². The van der Waals surface area contributed by atoms with E-state index in [1.54, 1.807) is 6.20 Å². The van der Waals surface area contributed by atoms with Gasteiger partial charge in [0, 0.05) is 44.3 Å². The smallest absolute Gasteiger partial charge is 0.224 e. The largest absolute Gasteiger partial charge is 0.368 e. The first-order valence-electron chi connectivity index (χ1n) is 8.90. The van der Waals surface area contributed by atoms with Crippen molar-refractivity contribution in [1.82, 2.24) is 15.0 Å². The molecule has 6 nitrogen and oxygen atoms in total. The highest BCUT2D eigenvalue weighted by molar-refractivity contribution is 5.50. The molecule has 3 heterocycles. The lowest BCUT2D eigenvalue weighted by Crippen LogP contribution is -2.46. The summed E-state index contributed by atoms with van der Waals surface area (Å²) in [6, 6.07) is 18.4. The van der Waals surface area contributed by atoms with Crippen LogP contribution < -0.4 is 15.1 Å². The number of hydrogen-bond acceptors (Lipinski definition) is 6. The topological polar surface area (TPSA) is 57.2 Å². The lowest BCUT2D eigenvalue weighted by atomic mass is 10.2. The van der Waals surface area contributed by atoms with Gasteiger partial charge in [0.1, 0.15) is 5.82 Å². The van der Waals surface area contributed by atoms with E-state index in [4.69, 9.17) is 0 Å². The van der Waals surface area contributed by atoms with E-state index in [-0.39, 0.29) is 0 Å². The van der Waals surface area contributed by atoms with E-state index in [0.29, 0.717) is 12.5 Å². The Hall–Kier alpha value is -3.15. The molecule has 0 atom stereocenters. The number of anilines is 3. The second kappa shape index (κ2) is 7.82. The summed E-state index contributed by atoms with van der Waals surface area (Å²) in [5, 5.41) is 3.25. The van der Waals surface area contributed by atoms with Crippen LogP contribution in [0.25, 0.3) is 0 Å². The fourth-order valence-electron chi connectivity index (χ4n) is 3.12. The molecule has 0 spiro atoms. The molecule has 6 heteroatoms. The summed E-state index contributed by atoms with van der Waals surface area (Å²) in [4.78, 5) is 18.0. The molecule has 2 aromatic heterocycles. The summed E-state index contributed by atoms with van der Waals surface area (Å²) in [6.07, 6.45) is 3.60. The van der Waals surface area contributed by atoms with Crippen LogP contribution in [-0.4, -0.2) is 41.1 Å². The molecule has 3 aromatic rings. The Morgan fingerprint density at radius 3 is 2.31 bits per heavy atom. The van der Waals surface area contributed by atoms with Gasteiger partial charge in [0.2, 0.25) is 5.95 Å². The first kappa shape index (κ1) is 16.3. The molecule has 0 saturated carbocycles. The predicted molar refractivity (Wildman–Crippen MR) is 104 cm³/mol. The number of piperazine rings is 1. The molecule has 1 fully saturated rings. The molecule has 0 radical (unpaired) electrons. The van der Waals surface area contributed by atoms with Gasteiger partial charge in [-0.05, 0) is 30.3 Å². The van der Waals surface area contributed by atoms with Crippen LogP contribution >= 0.6 is 0 Å². The first-order valence-corrected chi connectivity index (χ1v) is 8.90. The quantitative estimate of drug-likeness (QED) is 0.767. The summed E-state index contributed by atoms with van der Waals surface area (Å²) in [5.74, 6) is 1.61. The summed E-state index contributed by atoms with van der Waals surface area (Å²) in [6.45, 7) is 4.50. The minimum Gasteiger partial charge on any atom is -0.368 e. The van der Waals surface area contributed by atoms with Crippen LogP contribution in [0.4, 0.5) is 17.5 Å². The molecule has 1 aliphatic rings. The van der Waals surface area contributed by atoms with Crippen LogP contribution in [0, 0.1) is 0 Å². The van der Waals surface area contributed by atoms with Gasteiger partial charge in [-0.15, -0.1) is 0 Å². The number of aromatic nitrogens is 3. The molecule has 0 amide bonds. The van der Waals surface area contributed by atoms with Gasteiger partial charge in [0.25, 0.3) is 0 Å². The zero-order chi connectivity index (χ0) is 17.6. The molecule has 1 saturated heterocycles. The Morgan fingerprint density at radius 2 is 1.54 bits per heavy atom. The average Bonchev–Trinajstić information content (AvgIpc) is 2.74. The fraction of sp³-hybridized carbons (Fsp3) is 0.250. The van der Waals surface area contributed by atoms with Crippen molar-refractivity contribution < 1.29 is 0 Å². The van der Waals surface area contributed by atoms with Crippen molar-refractivity contribution in [2.75, 3.05) is 41.3 Å². The van der Waals surface area contributed by atoms with Crippen molar-refractivity contribution in [3.63, 3.8) is 0 Å². The van der Waals surface area contributed by atoms with E-state index >= 15 is 0 Å². The molecule has 1 aliphatic heterocycles. The highest BCUT2D eigenvalue weighted by atomic mass is 15.3. The predicted octanol–water partition coefficient (Wildman–Crippen LogP) is 2.81. The summed E-state index contributed by atoms with van der Waals surface area (Å²) in [5.41, 5.74) is 2.26. The van der Waals surface area contributed by atoms with E-state index in [1.807, 2.05) is 30.5 Å². The van der Waals surface area contributed by atoms with Crippen LogP contribution in [0.15, 0.2) is 67.0 Å². The Labute approximate surface area is 153 Å². The second-order valence-corrected chi connectivity index (χ2v) is 6.22. The van der Waals surface area contributed by atoms with Crippen LogP contribution in [0.5, 0.6) is 0 Å². The van der Waals surface area contributed by atoms with Gasteiger partial charge in [-0.1, -0.05) is 24.3 Å². The lowest BCUT2D eigenvalue weighted by molar-refractivity contribution is 0.647. The van der Waals surface area contributed by atoms with Crippen molar-refractivity contribution in [3.05, 3.63) is 72.7 Å². The number of rotatable bonds is 5. The highest BCUT2D eigenvalue weighted by Gasteiger charge is 2.18. The standard InChI is InChI=1S/C20H22N6/c1-2-7-18(8-3-1)25-12-14-26(15-13-25)19-9-11-22-20(24-19)23-16-17-6-4-5-10-21-17/h1-11H,12-16H2,(H,22,23,24). The van der Waals surface area contributed by atoms with E-state index in [2.05, 4.69) is 60.4 Å². The van der Waals surface area contributed by atoms with Crippen LogP contribution in [0.3, 0.4) is 0 Å². The van der Waals surface area contributed by atoms with Crippen molar-refractivity contribution in [3.8, 4) is 0 Å². The fourth-order valence-corrected chi connectivity index (χ4v) is 3.12. The summed E-state index contributed by atoms with van der Waals surface area (Å²) in [7, 11) is 0. The summed E-state index contributed by atoms with van der Waals surface area (Å²) >= 11 is 0. The summed E-state index contributed by atoms with van der Waals surface area (Å²) < 4.78 is 0. The molecule has 1 aromatic carbocycles. The molecule has 0 bridgehead atoms. The average molecular weight is 346 g/mol.